The smallest absolute Gasteiger partial charge is 0.306 e. The molecule has 0 rings (SSSR count). The van der Waals surface area contributed by atoms with E-state index < -0.39 is 6.10 Å². The second-order valence-corrected chi connectivity index (χ2v) is 23.8. The van der Waals surface area contributed by atoms with E-state index in [-0.39, 0.29) is 31.1 Å². The predicted octanol–water partition coefficient (Wildman–Crippen LogP) is 24.4. The van der Waals surface area contributed by atoms with Crippen LogP contribution in [-0.2, 0) is 28.6 Å². The van der Waals surface area contributed by atoms with E-state index >= 15 is 0 Å². The second kappa shape index (κ2) is 69.3. The third-order valence-electron chi connectivity index (χ3n) is 15.7. The Morgan fingerprint density at radius 1 is 0.259 bits per heavy atom. The molecule has 81 heavy (non-hydrogen) atoms. The van der Waals surface area contributed by atoms with Gasteiger partial charge in [-0.2, -0.15) is 0 Å². The van der Waals surface area contributed by atoms with Gasteiger partial charge in [0, 0.05) is 19.3 Å². The highest BCUT2D eigenvalue weighted by Gasteiger charge is 2.19. The fourth-order valence-corrected chi connectivity index (χ4v) is 10.4. The number of hydrogen-bond donors (Lipinski definition) is 0. The molecule has 6 nitrogen and oxygen atoms in total. The molecule has 0 bridgehead atoms. The van der Waals surface area contributed by atoms with E-state index in [1.165, 1.54) is 231 Å². The zero-order valence-corrected chi connectivity index (χ0v) is 54.1. The van der Waals surface area contributed by atoms with Crippen LogP contribution in [0.25, 0.3) is 0 Å². The summed E-state index contributed by atoms with van der Waals surface area (Å²) in [6.45, 7) is 6.55. The van der Waals surface area contributed by atoms with Crippen LogP contribution in [0.15, 0.2) is 72.9 Å². The number of esters is 3. The third kappa shape index (κ3) is 67.5. The van der Waals surface area contributed by atoms with E-state index in [0.717, 1.165) is 96.3 Å². The molecule has 0 heterocycles. The van der Waals surface area contributed by atoms with Gasteiger partial charge < -0.3 is 14.2 Å². The number of carbonyl (C=O) groups excluding carboxylic acids is 3. The average molecular weight is 1130 g/mol. The molecule has 0 saturated heterocycles. The predicted molar refractivity (Wildman–Crippen MR) is 353 cm³/mol. The molecule has 1 atom stereocenters. The molecule has 0 aromatic carbocycles. The lowest BCUT2D eigenvalue weighted by atomic mass is 10.0. The number of carbonyl (C=O) groups is 3. The minimum atomic E-state index is -0.778. The SMILES string of the molecule is CC/C=C\C/C=C\C/C=C\C/C=C\CCCCCCCCCCC(=O)OC(COC(=O)CCCCCCCCCCCCC)COC(=O)CCCCCCCCCCCCCCCCCCCCC/C=C\C/C=C\CCCCCCC. The highest BCUT2D eigenvalue weighted by Crippen LogP contribution is 2.18. The largest absolute Gasteiger partial charge is 0.462 e. The number of rotatable bonds is 65. The van der Waals surface area contributed by atoms with E-state index in [1.807, 2.05) is 0 Å². The minimum Gasteiger partial charge on any atom is -0.462 e. The molecule has 0 amide bonds. The van der Waals surface area contributed by atoms with Gasteiger partial charge in [-0.05, 0) is 89.9 Å². The second-order valence-electron chi connectivity index (χ2n) is 23.8. The van der Waals surface area contributed by atoms with Crippen LogP contribution in [0.1, 0.15) is 367 Å². The lowest BCUT2D eigenvalue weighted by Crippen LogP contribution is -2.30. The maximum absolute atomic E-state index is 12.9. The number of hydrogen-bond acceptors (Lipinski definition) is 6. The summed E-state index contributed by atoms with van der Waals surface area (Å²) in [5.74, 6) is -0.862. The molecule has 0 saturated carbocycles. The Balaban J connectivity index is 4.16. The molecule has 0 N–H and O–H groups in total. The van der Waals surface area contributed by atoms with E-state index in [2.05, 4.69) is 93.7 Å². The Bertz CT molecular complexity index is 1490. The normalized spacial score (nSPS) is 12.5. The first kappa shape index (κ1) is 77.9. The maximum atomic E-state index is 12.9. The Labute approximate surface area is 503 Å². The molecule has 0 fully saturated rings. The van der Waals surface area contributed by atoms with Crippen LogP contribution < -0.4 is 0 Å². The molecular formula is C75H134O6. The van der Waals surface area contributed by atoms with E-state index in [0.29, 0.717) is 19.3 Å². The molecule has 0 aliphatic rings. The van der Waals surface area contributed by atoms with Crippen molar-refractivity contribution in [1.82, 2.24) is 0 Å². The Morgan fingerprint density at radius 3 is 0.753 bits per heavy atom. The van der Waals surface area contributed by atoms with Crippen LogP contribution in [0.2, 0.25) is 0 Å². The van der Waals surface area contributed by atoms with Gasteiger partial charge in [0.05, 0.1) is 0 Å². The molecule has 0 aliphatic heterocycles. The summed E-state index contributed by atoms with van der Waals surface area (Å²) in [6, 6.07) is 0. The van der Waals surface area contributed by atoms with Crippen LogP contribution in [0.5, 0.6) is 0 Å². The Kier molecular flexibility index (Phi) is 66.6. The number of ether oxygens (including phenoxy) is 3. The molecule has 1 unspecified atom stereocenters. The first-order valence-corrected chi connectivity index (χ1v) is 35.4. The van der Waals surface area contributed by atoms with Crippen molar-refractivity contribution in [3.8, 4) is 0 Å². The average Bonchev–Trinajstić information content (AvgIpc) is 3.47. The van der Waals surface area contributed by atoms with Crippen LogP contribution in [0, 0.1) is 0 Å². The number of unbranched alkanes of at least 4 members (excludes halogenated alkanes) is 42. The molecule has 470 valence electrons. The van der Waals surface area contributed by atoms with Gasteiger partial charge in [-0.25, -0.2) is 0 Å². The molecule has 0 spiro atoms. The summed E-state index contributed by atoms with van der Waals surface area (Å²) in [6.07, 6.45) is 90.8. The lowest BCUT2D eigenvalue weighted by Gasteiger charge is -2.18. The van der Waals surface area contributed by atoms with Crippen LogP contribution in [0.3, 0.4) is 0 Å². The fourth-order valence-electron chi connectivity index (χ4n) is 10.4. The molecule has 0 aromatic rings. The summed E-state index contributed by atoms with van der Waals surface area (Å²) in [5.41, 5.74) is 0. The van der Waals surface area contributed by atoms with Crippen molar-refractivity contribution in [2.45, 2.75) is 374 Å². The molecule has 0 radical (unpaired) electrons. The lowest BCUT2D eigenvalue weighted by molar-refractivity contribution is -0.167. The molecular weight excluding hydrogens is 997 g/mol. The van der Waals surface area contributed by atoms with Gasteiger partial charge >= 0.3 is 17.9 Å². The van der Waals surface area contributed by atoms with Gasteiger partial charge in [0.1, 0.15) is 13.2 Å². The van der Waals surface area contributed by atoms with Crippen molar-refractivity contribution in [3.63, 3.8) is 0 Å². The van der Waals surface area contributed by atoms with Gasteiger partial charge in [0.25, 0.3) is 0 Å². The van der Waals surface area contributed by atoms with Gasteiger partial charge in [0.15, 0.2) is 6.10 Å². The van der Waals surface area contributed by atoms with Gasteiger partial charge in [-0.15, -0.1) is 0 Å². The third-order valence-corrected chi connectivity index (χ3v) is 15.7. The van der Waals surface area contributed by atoms with Crippen molar-refractivity contribution in [2.75, 3.05) is 13.2 Å². The van der Waals surface area contributed by atoms with Crippen molar-refractivity contribution in [3.05, 3.63) is 72.9 Å². The monoisotopic (exact) mass is 1130 g/mol. The van der Waals surface area contributed by atoms with E-state index in [1.54, 1.807) is 0 Å². The summed E-state index contributed by atoms with van der Waals surface area (Å²) in [4.78, 5) is 38.4. The van der Waals surface area contributed by atoms with E-state index in [4.69, 9.17) is 14.2 Å². The summed E-state index contributed by atoms with van der Waals surface area (Å²) in [7, 11) is 0. The molecule has 0 aromatic heterocycles. The summed E-state index contributed by atoms with van der Waals surface area (Å²) in [5, 5.41) is 0. The van der Waals surface area contributed by atoms with Crippen molar-refractivity contribution < 1.29 is 28.6 Å². The van der Waals surface area contributed by atoms with Gasteiger partial charge in [-0.3, -0.25) is 14.4 Å². The Hall–Kier alpha value is -3.15. The van der Waals surface area contributed by atoms with Crippen LogP contribution in [-0.4, -0.2) is 37.2 Å². The van der Waals surface area contributed by atoms with Crippen LogP contribution >= 0.6 is 0 Å². The van der Waals surface area contributed by atoms with Crippen molar-refractivity contribution >= 4 is 17.9 Å². The number of allylic oxidation sites excluding steroid dienone is 12. The minimum absolute atomic E-state index is 0.0740. The highest BCUT2D eigenvalue weighted by atomic mass is 16.6. The van der Waals surface area contributed by atoms with Crippen molar-refractivity contribution in [1.29, 1.82) is 0 Å². The van der Waals surface area contributed by atoms with Crippen LogP contribution in [0.4, 0.5) is 0 Å². The maximum Gasteiger partial charge on any atom is 0.306 e. The summed E-state index contributed by atoms with van der Waals surface area (Å²) < 4.78 is 17.0. The van der Waals surface area contributed by atoms with Crippen molar-refractivity contribution in [2.24, 2.45) is 0 Å². The van der Waals surface area contributed by atoms with E-state index in [9.17, 15) is 14.4 Å². The highest BCUT2D eigenvalue weighted by molar-refractivity contribution is 5.71. The standard InChI is InChI=1S/C75H134O6/c1-4-7-10-13-16-19-22-24-26-28-30-32-33-34-35-36-37-38-39-40-41-43-44-46-48-50-53-56-59-62-65-68-74(77)80-71-72(70-79-73(76)67-64-61-58-55-52-21-18-15-12-9-6-3)81-75(78)69-66-63-60-57-54-51-49-47-45-42-31-29-27-25-23-20-17-14-11-8-5-2/h8,11,17,20,22,24-25,27-28,30-31,42,72H,4-7,9-10,12-16,18-19,21,23,26,29,32-41,43-71H2,1-3H3/b11-8-,20-17-,24-22-,27-25-,30-28-,42-31-. The molecule has 0 aliphatic carbocycles. The fraction of sp³-hybridized carbons (Fsp3) is 0.800. The first-order valence-electron chi connectivity index (χ1n) is 35.4. The first-order chi connectivity index (χ1) is 40.0. The zero-order valence-electron chi connectivity index (χ0n) is 54.1. The topological polar surface area (TPSA) is 78.9 Å². The Morgan fingerprint density at radius 2 is 0.481 bits per heavy atom. The summed E-state index contributed by atoms with van der Waals surface area (Å²) >= 11 is 0. The van der Waals surface area contributed by atoms with Gasteiger partial charge in [0.2, 0.25) is 0 Å². The van der Waals surface area contributed by atoms with Gasteiger partial charge in [-0.1, -0.05) is 331 Å². The zero-order chi connectivity index (χ0) is 58.5. The quantitative estimate of drug-likeness (QED) is 0.0261. The molecule has 6 heteroatoms.